The zero-order valence-electron chi connectivity index (χ0n) is 22.8. The van der Waals surface area contributed by atoms with Crippen molar-refractivity contribution >= 4 is 39.1 Å². The average Bonchev–Trinajstić information content (AvgIpc) is 3.64. The molecule has 1 aliphatic carbocycles. The van der Waals surface area contributed by atoms with Crippen LogP contribution in [0, 0.1) is 0 Å². The summed E-state index contributed by atoms with van der Waals surface area (Å²) in [6, 6.07) is 18.7. The molecule has 0 bridgehead atoms. The molecule has 8 nitrogen and oxygen atoms in total. The maximum Gasteiger partial charge on any atom is 0.262 e. The first-order valence-electron chi connectivity index (χ1n) is 14.3. The quantitative estimate of drug-likeness (QED) is 0.311. The van der Waals surface area contributed by atoms with E-state index in [1.165, 1.54) is 11.3 Å². The van der Waals surface area contributed by atoms with Crippen LogP contribution < -0.4 is 16.0 Å². The van der Waals surface area contributed by atoms with Crippen molar-refractivity contribution in [2.24, 2.45) is 0 Å². The maximum atomic E-state index is 13.8. The molecule has 0 unspecified atom stereocenters. The van der Waals surface area contributed by atoms with Crippen molar-refractivity contribution < 1.29 is 19.1 Å². The molecular formula is C31H38N4O4S. The van der Waals surface area contributed by atoms with Gasteiger partial charge in [0.2, 0.25) is 11.8 Å². The molecule has 1 aliphatic heterocycles. The highest BCUT2D eigenvalue weighted by atomic mass is 32.1. The zero-order valence-corrected chi connectivity index (χ0v) is 23.6. The zero-order chi connectivity index (χ0) is 27.8. The standard InChI is InChI=1S/C31H38N4O4S/c36-28(32-15-8-16-35-17-19-39-20-18-35)25(21-23-9-2-1-3-10-23)33-30(38)31(13-6-7-14-31)34-29(37)27-22-24-11-4-5-12-26(24)40-27/h1-5,9-12,22,25H,6-8,13-21H2,(H,32,36)(H,33,38)(H,34,37)/t25-/m0/s1. The number of morpholine rings is 1. The van der Waals surface area contributed by atoms with Gasteiger partial charge in [-0.3, -0.25) is 19.3 Å². The summed E-state index contributed by atoms with van der Waals surface area (Å²) in [6.07, 6.45) is 3.99. The normalized spacial score (nSPS) is 17.8. The van der Waals surface area contributed by atoms with Gasteiger partial charge in [-0.15, -0.1) is 11.3 Å². The lowest BCUT2D eigenvalue weighted by molar-refractivity contribution is -0.132. The summed E-state index contributed by atoms with van der Waals surface area (Å²) >= 11 is 1.42. The monoisotopic (exact) mass is 562 g/mol. The van der Waals surface area contributed by atoms with E-state index < -0.39 is 11.6 Å². The van der Waals surface area contributed by atoms with Gasteiger partial charge in [0, 0.05) is 30.8 Å². The fraction of sp³-hybridized carbons (Fsp3) is 0.452. The molecule has 3 amide bonds. The molecule has 2 aromatic carbocycles. The predicted molar refractivity (Wildman–Crippen MR) is 157 cm³/mol. The van der Waals surface area contributed by atoms with Crippen molar-refractivity contribution in [1.82, 2.24) is 20.9 Å². The van der Waals surface area contributed by atoms with E-state index >= 15 is 0 Å². The Bertz CT molecular complexity index is 1270. The number of hydrogen-bond donors (Lipinski definition) is 3. The first kappa shape index (κ1) is 28.3. The molecule has 2 heterocycles. The number of amides is 3. The fourth-order valence-corrected chi connectivity index (χ4v) is 6.54. The number of nitrogens with zero attached hydrogens (tertiary/aromatic N) is 1. The fourth-order valence-electron chi connectivity index (χ4n) is 5.58. The van der Waals surface area contributed by atoms with Crippen LogP contribution in [-0.2, 0) is 20.7 Å². The SMILES string of the molecule is O=C(NC1(C(=O)N[C@@H](Cc2ccccc2)C(=O)NCCCN2CCOCC2)CCCC1)c1cc2ccccc2s1. The Morgan fingerprint density at radius 3 is 2.45 bits per heavy atom. The third-order valence-electron chi connectivity index (χ3n) is 7.85. The van der Waals surface area contributed by atoms with Crippen molar-refractivity contribution in [1.29, 1.82) is 0 Å². The van der Waals surface area contributed by atoms with Gasteiger partial charge < -0.3 is 20.7 Å². The summed E-state index contributed by atoms with van der Waals surface area (Å²) in [6.45, 7) is 4.75. The molecule has 2 aliphatic rings. The molecule has 5 rings (SSSR count). The number of carbonyl (C=O) groups excluding carboxylic acids is 3. The van der Waals surface area contributed by atoms with Crippen LogP contribution in [0.25, 0.3) is 10.1 Å². The van der Waals surface area contributed by atoms with Crippen LogP contribution in [0.2, 0.25) is 0 Å². The predicted octanol–water partition coefficient (Wildman–Crippen LogP) is 3.51. The molecule has 3 aromatic rings. The maximum absolute atomic E-state index is 13.8. The van der Waals surface area contributed by atoms with Crippen molar-refractivity contribution in [3.05, 3.63) is 71.1 Å². The van der Waals surface area contributed by atoms with Crippen LogP contribution in [-0.4, -0.2) is 73.6 Å². The van der Waals surface area contributed by atoms with Crippen molar-refractivity contribution in [2.75, 3.05) is 39.4 Å². The largest absolute Gasteiger partial charge is 0.379 e. The first-order chi connectivity index (χ1) is 19.5. The van der Waals surface area contributed by atoms with Crippen LogP contribution in [0.3, 0.4) is 0 Å². The van der Waals surface area contributed by atoms with Crippen LogP contribution in [0.4, 0.5) is 0 Å². The van der Waals surface area contributed by atoms with Gasteiger partial charge in [-0.1, -0.05) is 61.4 Å². The van der Waals surface area contributed by atoms with E-state index in [1.54, 1.807) is 0 Å². The molecule has 9 heteroatoms. The van der Waals surface area contributed by atoms with Gasteiger partial charge in [0.25, 0.3) is 5.91 Å². The molecular weight excluding hydrogens is 524 g/mol. The van der Waals surface area contributed by atoms with Crippen LogP contribution in [0.15, 0.2) is 60.7 Å². The highest BCUT2D eigenvalue weighted by molar-refractivity contribution is 7.20. The second-order valence-electron chi connectivity index (χ2n) is 10.7. The topological polar surface area (TPSA) is 99.8 Å². The van der Waals surface area contributed by atoms with Gasteiger partial charge in [-0.2, -0.15) is 0 Å². The summed E-state index contributed by atoms with van der Waals surface area (Å²) in [4.78, 5) is 43.4. The summed E-state index contributed by atoms with van der Waals surface area (Å²) in [7, 11) is 0. The molecule has 1 saturated carbocycles. The minimum absolute atomic E-state index is 0.205. The second kappa shape index (κ2) is 13.4. The van der Waals surface area contributed by atoms with Crippen LogP contribution in [0.1, 0.15) is 47.3 Å². The van der Waals surface area contributed by atoms with E-state index in [-0.39, 0.29) is 17.7 Å². The summed E-state index contributed by atoms with van der Waals surface area (Å²) in [5.74, 6) is -0.738. The summed E-state index contributed by atoms with van der Waals surface area (Å²) in [5, 5.41) is 10.2. The number of benzene rings is 2. The van der Waals surface area contributed by atoms with Gasteiger partial charge in [-0.05, 0) is 48.9 Å². The lowest BCUT2D eigenvalue weighted by Crippen LogP contribution is -2.61. The van der Waals surface area contributed by atoms with Gasteiger partial charge in [0.15, 0.2) is 0 Å². The van der Waals surface area contributed by atoms with E-state index in [9.17, 15) is 14.4 Å². The van der Waals surface area contributed by atoms with Gasteiger partial charge >= 0.3 is 0 Å². The van der Waals surface area contributed by atoms with E-state index in [1.807, 2.05) is 60.7 Å². The van der Waals surface area contributed by atoms with E-state index in [4.69, 9.17) is 4.74 Å². The molecule has 1 atom stereocenters. The Kier molecular flexibility index (Phi) is 9.46. The van der Waals surface area contributed by atoms with E-state index in [2.05, 4.69) is 20.9 Å². The van der Waals surface area contributed by atoms with Crippen molar-refractivity contribution in [3.8, 4) is 0 Å². The minimum atomic E-state index is -1.03. The molecule has 0 spiro atoms. The summed E-state index contributed by atoms with van der Waals surface area (Å²) in [5.41, 5.74) is -0.0650. The Labute approximate surface area is 239 Å². The third-order valence-corrected chi connectivity index (χ3v) is 8.97. The molecule has 40 heavy (non-hydrogen) atoms. The van der Waals surface area contributed by atoms with E-state index in [0.717, 1.165) is 67.8 Å². The first-order valence-corrected chi connectivity index (χ1v) is 15.1. The molecule has 2 fully saturated rings. The lowest BCUT2D eigenvalue weighted by Gasteiger charge is -2.31. The second-order valence-corrected chi connectivity index (χ2v) is 11.8. The van der Waals surface area contributed by atoms with Crippen LogP contribution in [0.5, 0.6) is 0 Å². The van der Waals surface area contributed by atoms with Crippen LogP contribution >= 0.6 is 11.3 Å². The van der Waals surface area contributed by atoms with Gasteiger partial charge in [-0.25, -0.2) is 0 Å². The molecule has 0 radical (unpaired) electrons. The van der Waals surface area contributed by atoms with Crippen molar-refractivity contribution in [3.63, 3.8) is 0 Å². The van der Waals surface area contributed by atoms with Gasteiger partial charge in [0.05, 0.1) is 18.1 Å². The Morgan fingerprint density at radius 2 is 1.70 bits per heavy atom. The Hall–Kier alpha value is -3.27. The smallest absolute Gasteiger partial charge is 0.262 e. The molecule has 212 valence electrons. The van der Waals surface area contributed by atoms with Crippen molar-refractivity contribution in [2.45, 2.75) is 50.1 Å². The molecule has 3 N–H and O–H groups in total. The number of hydrogen-bond acceptors (Lipinski definition) is 6. The molecule has 1 aromatic heterocycles. The van der Waals surface area contributed by atoms with E-state index in [0.29, 0.717) is 30.7 Å². The number of rotatable bonds is 11. The Balaban J connectivity index is 1.25. The lowest BCUT2D eigenvalue weighted by atomic mass is 9.94. The summed E-state index contributed by atoms with van der Waals surface area (Å²) < 4.78 is 6.44. The highest BCUT2D eigenvalue weighted by Crippen LogP contribution is 2.32. The van der Waals surface area contributed by atoms with Gasteiger partial charge in [0.1, 0.15) is 11.6 Å². The number of thiophene rings is 1. The number of fused-ring (bicyclic) bond motifs is 1. The highest BCUT2D eigenvalue weighted by Gasteiger charge is 2.44. The Morgan fingerprint density at radius 1 is 0.975 bits per heavy atom. The number of carbonyl (C=O) groups is 3. The number of nitrogens with one attached hydrogen (secondary N) is 3. The molecule has 1 saturated heterocycles. The number of ether oxygens (including phenoxy) is 1. The average molecular weight is 563 g/mol. The third kappa shape index (κ3) is 7.08. The minimum Gasteiger partial charge on any atom is -0.379 e.